The summed E-state index contributed by atoms with van der Waals surface area (Å²) < 4.78 is 33.1. The molecule has 0 heterocycles. The van der Waals surface area contributed by atoms with Gasteiger partial charge in [-0.25, -0.2) is 4.57 Å². The fourth-order valence-electron chi connectivity index (χ4n) is 9.29. The Labute approximate surface area is 516 Å². The molecular formula is C74H126NO8P. The second-order valence-electron chi connectivity index (χ2n) is 22.3. The average Bonchev–Trinajstić information content (AvgIpc) is 3.58. The number of ether oxygens (including phenoxy) is 2. The summed E-state index contributed by atoms with van der Waals surface area (Å²) in [6.45, 7) is 3.61. The third-order valence-electron chi connectivity index (χ3n) is 14.3. The molecule has 84 heavy (non-hydrogen) atoms. The molecule has 480 valence electrons. The third-order valence-corrected chi connectivity index (χ3v) is 15.3. The Hall–Kier alpha value is -3.85. The molecule has 9 nitrogen and oxygen atoms in total. The minimum atomic E-state index is -4.41. The maximum atomic E-state index is 12.7. The van der Waals surface area contributed by atoms with Crippen LogP contribution >= 0.6 is 7.82 Å². The molecule has 3 N–H and O–H groups in total. The number of hydrogen-bond acceptors (Lipinski definition) is 8. The fourth-order valence-corrected chi connectivity index (χ4v) is 10.1. The van der Waals surface area contributed by atoms with Gasteiger partial charge in [0.1, 0.15) is 6.61 Å². The van der Waals surface area contributed by atoms with Crippen LogP contribution in [-0.4, -0.2) is 49.3 Å². The predicted molar refractivity (Wildman–Crippen MR) is 362 cm³/mol. The molecule has 0 radical (unpaired) electrons. The molecule has 2 atom stereocenters. The van der Waals surface area contributed by atoms with Crippen LogP contribution in [-0.2, 0) is 32.7 Å². The molecule has 0 aromatic carbocycles. The summed E-state index contributed by atoms with van der Waals surface area (Å²) in [6.07, 6.45) is 96.8. The predicted octanol–water partition coefficient (Wildman–Crippen LogP) is 22.5. The van der Waals surface area contributed by atoms with E-state index in [0.29, 0.717) is 6.42 Å². The van der Waals surface area contributed by atoms with Crippen LogP contribution in [0.15, 0.2) is 134 Å². The summed E-state index contributed by atoms with van der Waals surface area (Å²) in [5.41, 5.74) is 5.39. The van der Waals surface area contributed by atoms with Crippen molar-refractivity contribution in [3.05, 3.63) is 134 Å². The number of rotatable bonds is 63. The lowest BCUT2D eigenvalue weighted by Gasteiger charge is -2.19. The summed E-state index contributed by atoms with van der Waals surface area (Å²) in [4.78, 5) is 35.3. The minimum Gasteiger partial charge on any atom is -0.462 e. The quantitative estimate of drug-likeness (QED) is 0.0264. The van der Waals surface area contributed by atoms with Gasteiger partial charge in [0.2, 0.25) is 0 Å². The normalized spacial score (nSPS) is 13.8. The SMILES string of the molecule is CC/C=C\C/C=C\C/C=C\C/C=C\C/C=C\C/C=C\C/C=C\C/C=C\C/C=C\C/C=C\C/C=C\CCCCCC(=O)OC(COC(=O)CCCCCCCCCCCCCCCCCCCCCCCCCCCC)COP(=O)(O)OCCN. The first kappa shape index (κ1) is 80.2. The van der Waals surface area contributed by atoms with Crippen molar-refractivity contribution in [2.45, 2.75) is 296 Å². The molecule has 0 fully saturated rings. The summed E-state index contributed by atoms with van der Waals surface area (Å²) >= 11 is 0. The van der Waals surface area contributed by atoms with Gasteiger partial charge < -0.3 is 20.1 Å². The van der Waals surface area contributed by atoms with Crippen molar-refractivity contribution in [1.82, 2.24) is 0 Å². The van der Waals surface area contributed by atoms with Crippen LogP contribution in [0.25, 0.3) is 0 Å². The lowest BCUT2D eigenvalue weighted by atomic mass is 10.0. The largest absolute Gasteiger partial charge is 0.472 e. The summed E-state index contributed by atoms with van der Waals surface area (Å²) in [6, 6.07) is 0. The van der Waals surface area contributed by atoms with Gasteiger partial charge in [0.25, 0.3) is 0 Å². The monoisotopic (exact) mass is 1190 g/mol. The van der Waals surface area contributed by atoms with Crippen molar-refractivity contribution in [3.63, 3.8) is 0 Å². The number of nitrogens with two attached hydrogens (primary N) is 1. The molecule has 0 aliphatic rings. The Balaban J connectivity index is 4.02. The second kappa shape index (κ2) is 68.3. The smallest absolute Gasteiger partial charge is 0.462 e. The van der Waals surface area contributed by atoms with Crippen molar-refractivity contribution in [1.29, 1.82) is 0 Å². The van der Waals surface area contributed by atoms with Crippen LogP contribution in [0, 0.1) is 0 Å². The van der Waals surface area contributed by atoms with Crippen molar-refractivity contribution in [2.24, 2.45) is 5.73 Å². The standard InChI is InChI=1S/C74H126NO8P/c1-3-5-7-9-11-13-15-17-19-21-23-25-27-29-31-32-33-34-35-36-37-38-39-40-41-43-45-47-49-51-53-55-57-59-61-63-65-67-74(77)83-72(71-82-84(78,79)81-69-68-75)70-80-73(76)66-64-62-60-58-56-54-52-50-48-46-44-42-30-28-26-24-22-20-18-16-14-12-10-8-6-4-2/h5,7,11,13,17,19,23,25,29,31,33-34,36-37,39-40,43,45,49,51,55,57,72H,3-4,6,8-10,12,14-16,18,20-22,24,26-28,30,32,35,38,41-42,44,46-48,50,52-54,56,58-71,75H2,1-2H3,(H,78,79)/b7-5-,13-11-,19-17-,25-23-,31-29-,34-33-,37-36-,40-39-,45-43-,51-49-,57-55-. The van der Waals surface area contributed by atoms with E-state index < -0.39 is 26.5 Å². The first-order chi connectivity index (χ1) is 41.3. The Morgan fingerprint density at radius 2 is 0.655 bits per heavy atom. The first-order valence-electron chi connectivity index (χ1n) is 34.2. The van der Waals surface area contributed by atoms with E-state index in [1.54, 1.807) is 0 Å². The molecule has 0 aromatic heterocycles. The number of esters is 2. The van der Waals surface area contributed by atoms with Gasteiger partial charge in [0.05, 0.1) is 13.2 Å². The van der Waals surface area contributed by atoms with Crippen molar-refractivity contribution >= 4 is 19.8 Å². The molecule has 10 heteroatoms. The van der Waals surface area contributed by atoms with E-state index in [2.05, 4.69) is 148 Å². The van der Waals surface area contributed by atoms with Crippen LogP contribution < -0.4 is 5.73 Å². The molecular weight excluding hydrogens is 1060 g/mol. The van der Waals surface area contributed by atoms with Crippen LogP contribution in [0.3, 0.4) is 0 Å². The maximum absolute atomic E-state index is 12.7. The molecule has 0 amide bonds. The van der Waals surface area contributed by atoms with Crippen LogP contribution in [0.5, 0.6) is 0 Å². The van der Waals surface area contributed by atoms with E-state index in [1.165, 1.54) is 148 Å². The zero-order chi connectivity index (χ0) is 60.9. The number of phosphoric acid groups is 1. The van der Waals surface area contributed by atoms with E-state index in [1.807, 2.05) is 0 Å². The van der Waals surface area contributed by atoms with Gasteiger partial charge in [-0.05, 0) is 96.3 Å². The lowest BCUT2D eigenvalue weighted by molar-refractivity contribution is -0.161. The fraction of sp³-hybridized carbons (Fsp3) is 0.676. The van der Waals surface area contributed by atoms with Crippen LogP contribution in [0.1, 0.15) is 290 Å². The third kappa shape index (κ3) is 67.3. The van der Waals surface area contributed by atoms with E-state index in [4.69, 9.17) is 24.3 Å². The van der Waals surface area contributed by atoms with Crippen molar-refractivity contribution in [3.8, 4) is 0 Å². The Morgan fingerprint density at radius 1 is 0.369 bits per heavy atom. The first-order valence-corrected chi connectivity index (χ1v) is 35.7. The topological polar surface area (TPSA) is 134 Å². The molecule has 0 aliphatic heterocycles. The minimum absolute atomic E-state index is 0.0422. The summed E-state index contributed by atoms with van der Waals surface area (Å²) in [7, 11) is -4.41. The molecule has 0 spiro atoms. The van der Waals surface area contributed by atoms with Crippen molar-refractivity contribution in [2.75, 3.05) is 26.4 Å². The van der Waals surface area contributed by atoms with Gasteiger partial charge in [-0.2, -0.15) is 0 Å². The number of carbonyl (C=O) groups is 2. The van der Waals surface area contributed by atoms with E-state index in [9.17, 15) is 19.0 Å². The molecule has 2 unspecified atom stereocenters. The molecule has 0 rings (SSSR count). The molecule has 0 saturated carbocycles. The zero-order valence-electron chi connectivity index (χ0n) is 53.8. The van der Waals surface area contributed by atoms with E-state index in [-0.39, 0.29) is 38.6 Å². The number of carbonyl (C=O) groups excluding carboxylic acids is 2. The van der Waals surface area contributed by atoms with E-state index >= 15 is 0 Å². The lowest BCUT2D eigenvalue weighted by Crippen LogP contribution is -2.29. The highest BCUT2D eigenvalue weighted by Crippen LogP contribution is 2.43. The van der Waals surface area contributed by atoms with Gasteiger partial charge in [-0.1, -0.05) is 314 Å². The van der Waals surface area contributed by atoms with Crippen LogP contribution in [0.2, 0.25) is 0 Å². The maximum Gasteiger partial charge on any atom is 0.472 e. The molecule has 0 saturated heterocycles. The Bertz CT molecular complexity index is 1840. The number of allylic oxidation sites excluding steroid dienone is 22. The highest BCUT2D eigenvalue weighted by molar-refractivity contribution is 7.47. The van der Waals surface area contributed by atoms with Gasteiger partial charge in [-0.3, -0.25) is 18.6 Å². The average molecular weight is 1190 g/mol. The Morgan fingerprint density at radius 3 is 0.976 bits per heavy atom. The van der Waals surface area contributed by atoms with Crippen molar-refractivity contribution < 1.29 is 37.6 Å². The highest BCUT2D eigenvalue weighted by Gasteiger charge is 2.26. The van der Waals surface area contributed by atoms with Gasteiger partial charge in [-0.15, -0.1) is 0 Å². The molecule has 0 aromatic rings. The number of hydrogen-bond donors (Lipinski definition) is 2. The van der Waals surface area contributed by atoms with Crippen LogP contribution in [0.4, 0.5) is 0 Å². The molecule has 0 bridgehead atoms. The highest BCUT2D eigenvalue weighted by atomic mass is 31.2. The number of phosphoric ester groups is 1. The van der Waals surface area contributed by atoms with E-state index in [0.717, 1.165) is 109 Å². The second-order valence-corrected chi connectivity index (χ2v) is 23.8. The van der Waals surface area contributed by atoms with Gasteiger partial charge >= 0.3 is 19.8 Å². The van der Waals surface area contributed by atoms with Gasteiger partial charge in [0, 0.05) is 19.4 Å². The zero-order valence-corrected chi connectivity index (χ0v) is 54.7. The summed E-state index contributed by atoms with van der Waals surface area (Å²) in [5.74, 6) is -0.864. The number of unbranched alkanes of at least 4 members (excludes halogenated alkanes) is 28. The summed E-state index contributed by atoms with van der Waals surface area (Å²) in [5, 5.41) is 0. The molecule has 0 aliphatic carbocycles. The van der Waals surface area contributed by atoms with Gasteiger partial charge in [0.15, 0.2) is 6.10 Å². The Kier molecular flexibility index (Phi) is 65.1.